The van der Waals surface area contributed by atoms with E-state index in [1.54, 1.807) is 0 Å². The van der Waals surface area contributed by atoms with E-state index < -0.39 is 12.1 Å². The van der Waals surface area contributed by atoms with Gasteiger partial charge in [0.2, 0.25) is 5.91 Å². The molecule has 0 aromatic heterocycles. The maximum Gasteiger partial charge on any atom is 0.305 e. The summed E-state index contributed by atoms with van der Waals surface area (Å²) in [5.41, 5.74) is 0. The van der Waals surface area contributed by atoms with E-state index in [0.717, 1.165) is 64.2 Å². The van der Waals surface area contributed by atoms with Crippen LogP contribution in [0.1, 0.15) is 341 Å². The van der Waals surface area contributed by atoms with Gasteiger partial charge in [-0.15, -0.1) is 0 Å². The highest BCUT2D eigenvalue weighted by Gasteiger charge is 2.20. The fraction of sp³-hybridized carbons (Fsp3) is 0.905. The number of hydrogen-bond acceptors (Lipinski definition) is 5. The van der Waals surface area contributed by atoms with Gasteiger partial charge in [-0.05, 0) is 70.6 Å². The number of ether oxygens (including phenoxy) is 1. The van der Waals surface area contributed by atoms with E-state index >= 15 is 0 Å². The summed E-state index contributed by atoms with van der Waals surface area (Å²) >= 11 is 0. The molecule has 2 unspecified atom stereocenters. The minimum absolute atomic E-state index is 0.0132. The smallest absolute Gasteiger partial charge is 0.305 e. The van der Waals surface area contributed by atoms with Gasteiger partial charge in [-0.2, -0.15) is 0 Å². The first-order valence-corrected chi connectivity index (χ1v) is 31.1. The Morgan fingerprint density at radius 1 is 0.391 bits per heavy atom. The first-order valence-electron chi connectivity index (χ1n) is 31.1. The number of unbranched alkanes of at least 4 members (excludes halogenated alkanes) is 43. The minimum atomic E-state index is -0.676. The number of carbonyl (C=O) groups is 2. The molecule has 0 saturated heterocycles. The number of hydrogen-bond donors (Lipinski definition) is 3. The van der Waals surface area contributed by atoms with E-state index in [-0.39, 0.29) is 18.5 Å². The molecule has 3 N–H and O–H groups in total. The Morgan fingerprint density at radius 3 is 1.07 bits per heavy atom. The second-order valence-corrected chi connectivity index (χ2v) is 21.4. The lowest BCUT2D eigenvalue weighted by Gasteiger charge is -2.22. The van der Waals surface area contributed by atoms with Crippen LogP contribution in [0.3, 0.4) is 0 Å². The lowest BCUT2D eigenvalue weighted by molar-refractivity contribution is -0.143. The van der Waals surface area contributed by atoms with Crippen molar-refractivity contribution in [2.24, 2.45) is 0 Å². The Bertz CT molecular complexity index is 1080. The van der Waals surface area contributed by atoms with E-state index in [9.17, 15) is 19.8 Å². The molecule has 0 aliphatic heterocycles. The molecule has 1 amide bonds. The van der Waals surface area contributed by atoms with E-state index in [4.69, 9.17) is 4.74 Å². The van der Waals surface area contributed by atoms with Crippen LogP contribution in [-0.2, 0) is 14.3 Å². The van der Waals surface area contributed by atoms with E-state index in [2.05, 4.69) is 43.5 Å². The average Bonchev–Trinajstić information content (AvgIpc) is 3.35. The van der Waals surface area contributed by atoms with Gasteiger partial charge in [0.15, 0.2) is 0 Å². The highest BCUT2D eigenvalue weighted by atomic mass is 16.5. The predicted molar refractivity (Wildman–Crippen MR) is 301 cm³/mol. The molecule has 0 aliphatic rings. The molecule has 0 aliphatic carbocycles. The SMILES string of the molecule is CCCC/C=C\CCCCCCCC(=O)OCCCCCCCCC/C=C\CCCCCCCC(=O)NC(CO)C(O)CCCCCCCCCCCCCCCCCCCCCCCCCCC. The van der Waals surface area contributed by atoms with Crippen LogP contribution in [0.4, 0.5) is 0 Å². The quantitative estimate of drug-likeness (QED) is 0.0321. The fourth-order valence-electron chi connectivity index (χ4n) is 9.68. The summed E-state index contributed by atoms with van der Waals surface area (Å²) in [5.74, 6) is -0.0620. The Balaban J connectivity index is 3.46. The standard InChI is InChI=1S/C63H121NO5/c1-3-5-7-9-11-13-15-16-17-18-19-20-21-22-23-24-25-26-29-32-36-39-43-47-51-55-61(66)60(59-65)64-62(67)56-52-48-44-40-37-33-30-27-28-31-34-38-42-46-50-54-58-69-63(68)57-53-49-45-41-35-14-12-10-8-6-4-2/h10,12,27,30,60-61,65-66H,3-9,11,13-26,28-29,31-59H2,1-2H3,(H,64,67)/b12-10-,30-27-. The molecule has 0 bridgehead atoms. The topological polar surface area (TPSA) is 95.9 Å². The van der Waals surface area contributed by atoms with Crippen molar-refractivity contribution in [1.29, 1.82) is 0 Å². The zero-order valence-electron chi connectivity index (χ0n) is 46.6. The number of rotatable bonds is 58. The van der Waals surface area contributed by atoms with Gasteiger partial charge in [-0.3, -0.25) is 9.59 Å². The van der Waals surface area contributed by atoms with E-state index in [1.165, 1.54) is 244 Å². The Kier molecular flexibility index (Phi) is 57.5. The molecule has 6 nitrogen and oxygen atoms in total. The third-order valence-electron chi connectivity index (χ3n) is 14.5. The number of nitrogens with one attached hydrogen (secondary N) is 1. The summed E-state index contributed by atoms with van der Waals surface area (Å²) in [6.45, 7) is 4.91. The monoisotopic (exact) mass is 972 g/mol. The first kappa shape index (κ1) is 67.3. The molecule has 2 atom stereocenters. The normalized spacial score (nSPS) is 12.7. The summed E-state index contributed by atoms with van der Waals surface area (Å²) < 4.78 is 5.45. The summed E-state index contributed by atoms with van der Waals surface area (Å²) in [7, 11) is 0. The van der Waals surface area contributed by atoms with Crippen LogP contribution >= 0.6 is 0 Å². The number of amides is 1. The number of allylic oxidation sites excluding steroid dienone is 4. The maximum atomic E-state index is 12.5. The number of aliphatic hydroxyl groups excluding tert-OH is 2. The molecule has 0 spiro atoms. The van der Waals surface area contributed by atoms with Gasteiger partial charge in [0, 0.05) is 12.8 Å². The lowest BCUT2D eigenvalue weighted by atomic mass is 10.0. The first-order chi connectivity index (χ1) is 34.0. The molecule has 6 heteroatoms. The Labute approximate surface area is 431 Å². The Morgan fingerprint density at radius 2 is 0.696 bits per heavy atom. The van der Waals surface area contributed by atoms with E-state index in [0.29, 0.717) is 25.9 Å². The van der Waals surface area contributed by atoms with Crippen LogP contribution in [0.25, 0.3) is 0 Å². The van der Waals surface area contributed by atoms with Gasteiger partial charge in [-0.1, -0.05) is 282 Å². The molecular weight excluding hydrogens is 851 g/mol. The molecule has 69 heavy (non-hydrogen) atoms. The van der Waals surface area contributed by atoms with Gasteiger partial charge in [0.1, 0.15) is 0 Å². The molecule has 0 heterocycles. The number of carbonyl (C=O) groups excluding carboxylic acids is 2. The van der Waals surface area contributed by atoms with Crippen molar-refractivity contribution in [3.8, 4) is 0 Å². The summed E-state index contributed by atoms with van der Waals surface area (Å²) in [6, 6.07) is -0.555. The van der Waals surface area contributed by atoms with Gasteiger partial charge in [0.05, 0.1) is 25.4 Å². The fourth-order valence-corrected chi connectivity index (χ4v) is 9.68. The molecule has 408 valence electrons. The molecule has 0 aromatic rings. The van der Waals surface area contributed by atoms with Crippen LogP contribution in [0.5, 0.6) is 0 Å². The Hall–Kier alpha value is -1.66. The van der Waals surface area contributed by atoms with Crippen molar-refractivity contribution in [3.05, 3.63) is 24.3 Å². The van der Waals surface area contributed by atoms with Crippen molar-refractivity contribution >= 4 is 11.9 Å². The van der Waals surface area contributed by atoms with Crippen molar-refractivity contribution < 1.29 is 24.5 Å². The number of esters is 1. The average molecular weight is 973 g/mol. The number of aliphatic hydroxyl groups is 2. The van der Waals surface area contributed by atoms with Gasteiger partial charge < -0.3 is 20.3 Å². The third kappa shape index (κ3) is 55.5. The van der Waals surface area contributed by atoms with Crippen LogP contribution in [-0.4, -0.2) is 47.4 Å². The second-order valence-electron chi connectivity index (χ2n) is 21.4. The molecular formula is C63H121NO5. The minimum Gasteiger partial charge on any atom is -0.466 e. The second kappa shape index (κ2) is 58.9. The molecule has 0 saturated carbocycles. The van der Waals surface area contributed by atoms with Crippen molar-refractivity contribution in [2.75, 3.05) is 13.2 Å². The zero-order chi connectivity index (χ0) is 50.0. The molecule has 0 aromatic carbocycles. The van der Waals surface area contributed by atoms with Gasteiger partial charge in [0.25, 0.3) is 0 Å². The summed E-state index contributed by atoms with van der Waals surface area (Å²) in [5, 5.41) is 23.4. The van der Waals surface area contributed by atoms with Crippen LogP contribution in [0, 0.1) is 0 Å². The van der Waals surface area contributed by atoms with Crippen LogP contribution in [0.15, 0.2) is 24.3 Å². The highest BCUT2D eigenvalue weighted by molar-refractivity contribution is 5.76. The maximum absolute atomic E-state index is 12.5. The summed E-state index contributed by atoms with van der Waals surface area (Å²) in [6.07, 6.45) is 71.9. The lowest BCUT2D eigenvalue weighted by Crippen LogP contribution is -2.45. The third-order valence-corrected chi connectivity index (χ3v) is 14.5. The summed E-state index contributed by atoms with van der Waals surface area (Å²) in [4.78, 5) is 24.5. The van der Waals surface area contributed by atoms with Crippen molar-refractivity contribution in [1.82, 2.24) is 5.32 Å². The zero-order valence-corrected chi connectivity index (χ0v) is 46.6. The van der Waals surface area contributed by atoms with Gasteiger partial charge >= 0.3 is 5.97 Å². The molecule has 0 fully saturated rings. The van der Waals surface area contributed by atoms with Crippen LogP contribution < -0.4 is 5.32 Å². The molecule has 0 radical (unpaired) electrons. The van der Waals surface area contributed by atoms with Gasteiger partial charge in [-0.25, -0.2) is 0 Å². The van der Waals surface area contributed by atoms with E-state index in [1.807, 2.05) is 0 Å². The molecule has 0 rings (SSSR count). The van der Waals surface area contributed by atoms with Crippen molar-refractivity contribution in [3.63, 3.8) is 0 Å². The predicted octanol–water partition coefficient (Wildman–Crippen LogP) is 19.4. The van der Waals surface area contributed by atoms with Crippen LogP contribution in [0.2, 0.25) is 0 Å². The van der Waals surface area contributed by atoms with Crippen molar-refractivity contribution in [2.45, 2.75) is 353 Å². The highest BCUT2D eigenvalue weighted by Crippen LogP contribution is 2.18. The largest absolute Gasteiger partial charge is 0.466 e.